The molecule has 14 heavy (non-hydrogen) atoms. The molecule has 0 aliphatic carbocycles. The number of rotatable bonds is 7. The van der Waals surface area contributed by atoms with Crippen LogP contribution in [0, 0.1) is 0 Å². The van der Waals surface area contributed by atoms with Crippen molar-refractivity contribution in [3.05, 3.63) is 0 Å². The van der Waals surface area contributed by atoms with Gasteiger partial charge in [0.15, 0.2) is 0 Å². The third-order valence-corrected chi connectivity index (χ3v) is 1.84. The van der Waals surface area contributed by atoms with Crippen LogP contribution in [0.1, 0.15) is 20.3 Å². The average Bonchev–Trinajstić information content (AvgIpc) is 2.11. The highest BCUT2D eigenvalue weighted by Gasteiger charge is 2.18. The zero-order chi connectivity index (χ0) is 11.1. The third kappa shape index (κ3) is 6.28. The normalized spacial score (nSPS) is 20.1. The van der Waals surface area contributed by atoms with Crippen molar-refractivity contribution in [2.75, 3.05) is 13.2 Å². The van der Waals surface area contributed by atoms with Gasteiger partial charge in [0.05, 0.1) is 37.6 Å². The van der Waals surface area contributed by atoms with Crippen LogP contribution in [0.5, 0.6) is 0 Å². The summed E-state index contributed by atoms with van der Waals surface area (Å²) in [6.45, 7) is 2.90. The van der Waals surface area contributed by atoms with Gasteiger partial charge < -0.3 is 25.2 Å². The van der Waals surface area contributed by atoms with Crippen molar-refractivity contribution in [3.8, 4) is 0 Å². The fraction of sp³-hybridized carbons (Fsp3) is 1.00. The minimum Gasteiger partial charge on any atom is -0.394 e. The summed E-state index contributed by atoms with van der Waals surface area (Å²) in [6.07, 6.45) is -2.76. The predicted molar refractivity (Wildman–Crippen MR) is 50.8 cm³/mol. The summed E-state index contributed by atoms with van der Waals surface area (Å²) in [6, 6.07) is 0. The van der Waals surface area contributed by atoms with Crippen LogP contribution in [-0.4, -0.2) is 58.1 Å². The second-order valence-corrected chi connectivity index (χ2v) is 3.53. The van der Waals surface area contributed by atoms with E-state index in [0.717, 1.165) is 0 Å². The van der Waals surface area contributed by atoms with Crippen molar-refractivity contribution < 1.29 is 25.2 Å². The molecular formula is C9H20O5. The van der Waals surface area contributed by atoms with E-state index < -0.39 is 24.4 Å². The largest absolute Gasteiger partial charge is 0.394 e. The molecule has 0 aliphatic rings. The zero-order valence-electron chi connectivity index (χ0n) is 8.63. The van der Waals surface area contributed by atoms with Crippen molar-refractivity contribution in [2.45, 2.75) is 44.7 Å². The molecule has 0 aliphatic heterocycles. The van der Waals surface area contributed by atoms with E-state index >= 15 is 0 Å². The Labute approximate surface area is 83.9 Å². The van der Waals surface area contributed by atoms with E-state index in [1.807, 2.05) is 0 Å². The molecule has 0 aromatic heterocycles. The number of hydrogen-bond donors (Lipinski definition) is 4. The van der Waals surface area contributed by atoms with E-state index in [9.17, 15) is 5.11 Å². The van der Waals surface area contributed by atoms with Crippen LogP contribution in [-0.2, 0) is 4.74 Å². The number of aliphatic hydroxyl groups excluding tert-OH is 4. The summed E-state index contributed by atoms with van der Waals surface area (Å²) in [5, 5.41) is 36.1. The lowest BCUT2D eigenvalue weighted by Gasteiger charge is -2.21. The van der Waals surface area contributed by atoms with Crippen molar-refractivity contribution in [1.82, 2.24) is 0 Å². The molecule has 0 fully saturated rings. The second-order valence-electron chi connectivity index (χ2n) is 3.53. The fourth-order valence-electron chi connectivity index (χ4n) is 0.937. The molecule has 4 N–H and O–H groups in total. The molecule has 5 heteroatoms. The van der Waals surface area contributed by atoms with Crippen molar-refractivity contribution >= 4 is 0 Å². The topological polar surface area (TPSA) is 90.2 Å². The van der Waals surface area contributed by atoms with Crippen molar-refractivity contribution in [3.63, 3.8) is 0 Å². The van der Waals surface area contributed by atoms with Gasteiger partial charge in [0.1, 0.15) is 0 Å². The first kappa shape index (κ1) is 13.8. The quantitative estimate of drug-likeness (QED) is 0.425. The van der Waals surface area contributed by atoms with Gasteiger partial charge >= 0.3 is 0 Å². The molecule has 0 heterocycles. The van der Waals surface area contributed by atoms with Crippen LogP contribution < -0.4 is 0 Å². The first-order valence-corrected chi connectivity index (χ1v) is 4.74. The van der Waals surface area contributed by atoms with Crippen molar-refractivity contribution in [1.29, 1.82) is 0 Å². The highest BCUT2D eigenvalue weighted by Crippen LogP contribution is 2.06. The van der Waals surface area contributed by atoms with E-state index in [4.69, 9.17) is 20.1 Å². The van der Waals surface area contributed by atoms with Crippen LogP contribution in [0.3, 0.4) is 0 Å². The molecule has 0 bridgehead atoms. The van der Waals surface area contributed by atoms with Gasteiger partial charge in [-0.25, -0.2) is 0 Å². The molecule has 4 unspecified atom stereocenters. The van der Waals surface area contributed by atoms with Crippen LogP contribution in [0.4, 0.5) is 0 Å². The maximum absolute atomic E-state index is 9.29. The SMILES string of the molecule is CC(O)COC(CO)CC(O)C(C)O. The lowest BCUT2D eigenvalue weighted by atomic mass is 10.1. The van der Waals surface area contributed by atoms with Gasteiger partial charge in [0.25, 0.3) is 0 Å². The first-order valence-electron chi connectivity index (χ1n) is 4.74. The van der Waals surface area contributed by atoms with Crippen LogP contribution >= 0.6 is 0 Å². The standard InChI is InChI=1S/C9H20O5/c1-6(11)5-14-8(4-10)3-9(13)7(2)12/h6-13H,3-5H2,1-2H3. The molecule has 0 radical (unpaired) electrons. The highest BCUT2D eigenvalue weighted by atomic mass is 16.5. The molecular weight excluding hydrogens is 188 g/mol. The summed E-state index contributed by atoms with van der Waals surface area (Å²) in [5.41, 5.74) is 0. The van der Waals surface area contributed by atoms with Gasteiger partial charge in [-0.2, -0.15) is 0 Å². The maximum Gasteiger partial charge on any atom is 0.0832 e. The number of ether oxygens (including phenoxy) is 1. The van der Waals surface area contributed by atoms with Crippen LogP contribution in [0.15, 0.2) is 0 Å². The monoisotopic (exact) mass is 208 g/mol. The molecule has 0 amide bonds. The predicted octanol–water partition coefficient (Wildman–Crippen LogP) is -1.12. The Bertz CT molecular complexity index is 137. The Kier molecular flexibility index (Phi) is 7.04. The minimum absolute atomic E-state index is 0.109. The lowest BCUT2D eigenvalue weighted by molar-refractivity contribution is -0.0646. The summed E-state index contributed by atoms with van der Waals surface area (Å²) in [4.78, 5) is 0. The summed E-state index contributed by atoms with van der Waals surface area (Å²) in [7, 11) is 0. The Morgan fingerprint density at radius 1 is 1.14 bits per heavy atom. The highest BCUT2D eigenvalue weighted by molar-refractivity contribution is 4.68. The second kappa shape index (κ2) is 7.14. The molecule has 0 saturated carbocycles. The summed E-state index contributed by atoms with van der Waals surface area (Å²) < 4.78 is 5.10. The molecule has 0 rings (SSSR count). The third-order valence-electron chi connectivity index (χ3n) is 1.84. The number of hydrogen-bond acceptors (Lipinski definition) is 5. The van der Waals surface area contributed by atoms with Gasteiger partial charge in [-0.3, -0.25) is 0 Å². The Balaban J connectivity index is 3.78. The van der Waals surface area contributed by atoms with E-state index in [1.54, 1.807) is 6.92 Å². The van der Waals surface area contributed by atoms with Gasteiger partial charge in [-0.05, 0) is 13.8 Å². The lowest BCUT2D eigenvalue weighted by Crippen LogP contribution is -2.32. The van der Waals surface area contributed by atoms with Gasteiger partial charge in [-0.1, -0.05) is 0 Å². The first-order chi connectivity index (χ1) is 6.47. The van der Waals surface area contributed by atoms with E-state index in [1.165, 1.54) is 6.92 Å². The van der Waals surface area contributed by atoms with Crippen molar-refractivity contribution in [2.24, 2.45) is 0 Å². The average molecular weight is 208 g/mol. The molecule has 0 aromatic rings. The Morgan fingerprint density at radius 3 is 2.07 bits per heavy atom. The molecule has 0 spiro atoms. The Morgan fingerprint density at radius 2 is 1.71 bits per heavy atom. The van der Waals surface area contributed by atoms with Gasteiger partial charge in [-0.15, -0.1) is 0 Å². The molecule has 4 atom stereocenters. The maximum atomic E-state index is 9.29. The van der Waals surface area contributed by atoms with E-state index in [-0.39, 0.29) is 19.6 Å². The van der Waals surface area contributed by atoms with E-state index in [2.05, 4.69) is 0 Å². The van der Waals surface area contributed by atoms with Crippen LogP contribution in [0.25, 0.3) is 0 Å². The Hall–Kier alpha value is -0.200. The molecule has 86 valence electrons. The molecule has 0 aromatic carbocycles. The van der Waals surface area contributed by atoms with Gasteiger partial charge in [0, 0.05) is 6.42 Å². The minimum atomic E-state index is -0.916. The van der Waals surface area contributed by atoms with Crippen LogP contribution in [0.2, 0.25) is 0 Å². The van der Waals surface area contributed by atoms with Gasteiger partial charge in [0.2, 0.25) is 0 Å². The fourth-order valence-corrected chi connectivity index (χ4v) is 0.937. The summed E-state index contributed by atoms with van der Waals surface area (Å²) in [5.74, 6) is 0. The molecule has 5 nitrogen and oxygen atoms in total. The number of aliphatic hydroxyl groups is 4. The smallest absolute Gasteiger partial charge is 0.0832 e. The zero-order valence-corrected chi connectivity index (χ0v) is 8.63. The van der Waals surface area contributed by atoms with E-state index in [0.29, 0.717) is 0 Å². The summed E-state index contributed by atoms with van der Waals surface area (Å²) >= 11 is 0. The molecule has 0 saturated heterocycles.